The molecule has 11 heteroatoms. The van der Waals surface area contributed by atoms with Crippen molar-refractivity contribution in [2.24, 2.45) is 5.10 Å². The maximum Gasteiger partial charge on any atom is 0.315 e. The summed E-state index contributed by atoms with van der Waals surface area (Å²) in [5.74, 6) is 0.183. The number of aromatic nitrogens is 2. The van der Waals surface area contributed by atoms with Crippen LogP contribution < -0.4 is 20.5 Å². The fourth-order valence-corrected chi connectivity index (χ4v) is 2.79. The van der Waals surface area contributed by atoms with Gasteiger partial charge in [0.25, 0.3) is 5.56 Å². The number of para-hydroxylation sites is 1. The molecule has 0 atom stereocenters. The molecule has 0 amide bonds. The molecule has 0 radical (unpaired) electrons. The zero-order valence-electron chi connectivity index (χ0n) is 15.9. The van der Waals surface area contributed by atoms with Crippen LogP contribution in [-0.2, 0) is 0 Å². The molecule has 3 aromatic rings. The van der Waals surface area contributed by atoms with Crippen LogP contribution in [0.2, 0.25) is 5.02 Å². The van der Waals surface area contributed by atoms with E-state index in [1.807, 2.05) is 6.07 Å². The molecule has 0 saturated heterocycles. The third kappa shape index (κ3) is 4.23. The number of nitrogens with one attached hydrogen (secondary N) is 1. The minimum absolute atomic E-state index is 0.00405. The van der Waals surface area contributed by atoms with Gasteiger partial charge in [-0.05, 0) is 18.2 Å². The van der Waals surface area contributed by atoms with E-state index >= 15 is 0 Å². The average Bonchev–Trinajstić information content (AvgIpc) is 2.76. The molecule has 0 unspecified atom stereocenters. The number of methoxy groups -OCH3 is 2. The summed E-state index contributed by atoms with van der Waals surface area (Å²) in [5.41, 5.74) is 2.93. The molecule has 3 rings (SSSR count). The highest BCUT2D eigenvalue weighted by Crippen LogP contribution is 2.37. The second-order valence-electron chi connectivity index (χ2n) is 5.83. The van der Waals surface area contributed by atoms with E-state index in [1.165, 1.54) is 38.8 Å². The molecule has 0 aliphatic heterocycles. The molecule has 1 aromatic heterocycles. The summed E-state index contributed by atoms with van der Waals surface area (Å²) >= 11 is 6.15. The molecule has 0 bridgehead atoms. The smallest absolute Gasteiger partial charge is 0.315 e. The summed E-state index contributed by atoms with van der Waals surface area (Å²) in [6.45, 7) is 0. The Morgan fingerprint density at radius 2 is 1.97 bits per heavy atom. The second-order valence-corrected chi connectivity index (χ2v) is 6.21. The van der Waals surface area contributed by atoms with Crippen LogP contribution in [0.25, 0.3) is 5.69 Å². The summed E-state index contributed by atoms with van der Waals surface area (Å²) in [6.07, 6.45) is 2.67. The van der Waals surface area contributed by atoms with Gasteiger partial charge in [0.15, 0.2) is 5.75 Å². The predicted molar refractivity (Wildman–Crippen MR) is 112 cm³/mol. The first kappa shape index (κ1) is 20.8. The van der Waals surface area contributed by atoms with Gasteiger partial charge in [-0.25, -0.2) is 0 Å². The zero-order valence-corrected chi connectivity index (χ0v) is 16.7. The van der Waals surface area contributed by atoms with Crippen LogP contribution in [0.4, 0.5) is 11.4 Å². The predicted octanol–water partition coefficient (Wildman–Crippen LogP) is 3.26. The Labute approximate surface area is 175 Å². The van der Waals surface area contributed by atoms with Crippen LogP contribution in [0.5, 0.6) is 11.5 Å². The fourth-order valence-electron chi connectivity index (χ4n) is 2.62. The fraction of sp³-hybridized carbons (Fsp3) is 0.105. The number of nitro groups is 1. The number of halogens is 1. The summed E-state index contributed by atoms with van der Waals surface area (Å²) in [6, 6.07) is 11.6. The highest BCUT2D eigenvalue weighted by atomic mass is 35.5. The van der Waals surface area contributed by atoms with Gasteiger partial charge in [0.2, 0.25) is 5.75 Å². The first-order chi connectivity index (χ1) is 14.5. The van der Waals surface area contributed by atoms with Gasteiger partial charge >= 0.3 is 5.69 Å². The average molecular weight is 430 g/mol. The van der Waals surface area contributed by atoms with E-state index in [2.05, 4.69) is 15.6 Å². The van der Waals surface area contributed by atoms with Crippen LogP contribution in [0.3, 0.4) is 0 Å². The highest BCUT2D eigenvalue weighted by Gasteiger charge is 2.21. The van der Waals surface area contributed by atoms with Crippen LogP contribution in [0, 0.1) is 10.1 Å². The Balaban J connectivity index is 1.87. The molecule has 10 nitrogen and oxygen atoms in total. The second kappa shape index (κ2) is 9.05. The molecule has 2 aromatic carbocycles. The number of ether oxygens (including phenoxy) is 2. The van der Waals surface area contributed by atoms with Gasteiger partial charge in [0, 0.05) is 11.6 Å². The summed E-state index contributed by atoms with van der Waals surface area (Å²) in [5, 5.41) is 19.2. The number of benzene rings is 2. The molecular weight excluding hydrogens is 414 g/mol. The maximum atomic E-state index is 12.5. The Bertz CT molecular complexity index is 1160. The van der Waals surface area contributed by atoms with Crippen molar-refractivity contribution in [2.75, 3.05) is 19.6 Å². The van der Waals surface area contributed by atoms with Gasteiger partial charge in [-0.2, -0.15) is 14.9 Å². The van der Waals surface area contributed by atoms with Crippen LogP contribution in [0.1, 0.15) is 5.56 Å². The van der Waals surface area contributed by atoms with E-state index in [0.717, 1.165) is 4.68 Å². The third-order valence-electron chi connectivity index (χ3n) is 4.00. The minimum Gasteiger partial charge on any atom is -0.493 e. The lowest BCUT2D eigenvalue weighted by Gasteiger charge is -2.09. The SMILES string of the molecule is COc1cc(/C=N\Nc2cnn(-c3ccccc3)c(=O)c2Cl)cc([N+](=O)[O-])c1OC. The van der Waals surface area contributed by atoms with Gasteiger partial charge in [-0.15, -0.1) is 0 Å². The molecule has 154 valence electrons. The van der Waals surface area contributed by atoms with E-state index in [4.69, 9.17) is 21.1 Å². The Hall–Kier alpha value is -3.92. The molecule has 0 spiro atoms. The Kier molecular flexibility index (Phi) is 6.28. The van der Waals surface area contributed by atoms with E-state index in [0.29, 0.717) is 11.3 Å². The maximum absolute atomic E-state index is 12.5. The molecule has 1 heterocycles. The lowest BCUT2D eigenvalue weighted by Crippen LogP contribution is -2.22. The monoisotopic (exact) mass is 429 g/mol. The molecule has 0 fully saturated rings. The van der Waals surface area contributed by atoms with Crippen molar-refractivity contribution in [2.45, 2.75) is 0 Å². The van der Waals surface area contributed by atoms with Crippen molar-refractivity contribution in [1.29, 1.82) is 0 Å². The van der Waals surface area contributed by atoms with Crippen molar-refractivity contribution < 1.29 is 14.4 Å². The van der Waals surface area contributed by atoms with Gasteiger partial charge in [0.1, 0.15) is 10.7 Å². The standard InChI is InChI=1S/C19H16ClN5O5/c1-29-16-9-12(8-15(25(27)28)18(16)30-2)10-21-23-14-11-22-24(19(26)17(14)20)13-6-4-3-5-7-13/h3-11,23H,1-2H3/b21-10-. The van der Waals surface area contributed by atoms with Crippen molar-refractivity contribution in [3.63, 3.8) is 0 Å². The summed E-state index contributed by atoms with van der Waals surface area (Å²) in [4.78, 5) is 23.2. The zero-order chi connectivity index (χ0) is 21.7. The molecule has 0 aliphatic rings. The first-order valence-corrected chi connectivity index (χ1v) is 8.86. The van der Waals surface area contributed by atoms with E-state index in [-0.39, 0.29) is 27.9 Å². The Morgan fingerprint density at radius 3 is 2.60 bits per heavy atom. The van der Waals surface area contributed by atoms with E-state index in [9.17, 15) is 14.9 Å². The first-order valence-electron chi connectivity index (χ1n) is 8.49. The van der Waals surface area contributed by atoms with Crippen molar-refractivity contribution in [3.05, 3.63) is 79.7 Å². The van der Waals surface area contributed by atoms with Crippen molar-refractivity contribution in [3.8, 4) is 17.2 Å². The van der Waals surface area contributed by atoms with Crippen molar-refractivity contribution >= 4 is 29.2 Å². The normalized spacial score (nSPS) is 10.8. The van der Waals surface area contributed by atoms with Gasteiger partial charge < -0.3 is 9.47 Å². The number of hydrazone groups is 1. The molecule has 1 N–H and O–H groups in total. The lowest BCUT2D eigenvalue weighted by molar-refractivity contribution is -0.385. The Morgan fingerprint density at radius 1 is 1.23 bits per heavy atom. The summed E-state index contributed by atoms with van der Waals surface area (Å²) < 4.78 is 11.3. The number of hydrogen-bond acceptors (Lipinski definition) is 8. The number of rotatable bonds is 7. The summed E-state index contributed by atoms with van der Waals surface area (Å²) in [7, 11) is 2.68. The molecule has 0 aliphatic carbocycles. The minimum atomic E-state index is -0.587. The van der Waals surface area contributed by atoms with Gasteiger partial charge in [-0.1, -0.05) is 29.8 Å². The highest BCUT2D eigenvalue weighted by molar-refractivity contribution is 6.32. The van der Waals surface area contributed by atoms with Gasteiger partial charge in [-0.3, -0.25) is 20.3 Å². The number of nitro benzene ring substituents is 1. The van der Waals surface area contributed by atoms with Crippen LogP contribution >= 0.6 is 11.6 Å². The van der Waals surface area contributed by atoms with Crippen molar-refractivity contribution in [1.82, 2.24) is 9.78 Å². The molecule has 30 heavy (non-hydrogen) atoms. The topological polar surface area (TPSA) is 121 Å². The number of nitrogens with zero attached hydrogens (tertiary/aromatic N) is 4. The largest absolute Gasteiger partial charge is 0.493 e. The number of anilines is 1. The molecular formula is C19H16ClN5O5. The van der Waals surface area contributed by atoms with Crippen LogP contribution in [0.15, 0.2) is 58.6 Å². The molecule has 0 saturated carbocycles. The van der Waals surface area contributed by atoms with Crippen LogP contribution in [-0.4, -0.2) is 35.1 Å². The number of hydrogen-bond donors (Lipinski definition) is 1. The third-order valence-corrected chi connectivity index (χ3v) is 4.36. The van der Waals surface area contributed by atoms with E-state index in [1.54, 1.807) is 24.3 Å². The van der Waals surface area contributed by atoms with E-state index < -0.39 is 10.5 Å². The quantitative estimate of drug-likeness (QED) is 0.347. The lowest BCUT2D eigenvalue weighted by atomic mass is 10.2. The van der Waals surface area contributed by atoms with Gasteiger partial charge in [0.05, 0.1) is 37.2 Å².